The Kier molecular flexibility index (Phi) is 3.67. The summed E-state index contributed by atoms with van der Waals surface area (Å²) in [6.07, 6.45) is 2.55. The first-order valence-corrected chi connectivity index (χ1v) is 6.81. The summed E-state index contributed by atoms with van der Waals surface area (Å²) < 4.78 is 5.70. The van der Waals surface area contributed by atoms with Gasteiger partial charge in [-0.15, -0.1) is 0 Å². The smallest absolute Gasteiger partial charge is 0.219 e. The number of pyridine rings is 1. The third-order valence-corrected chi connectivity index (χ3v) is 3.29. The molecule has 19 heavy (non-hydrogen) atoms. The van der Waals surface area contributed by atoms with E-state index in [-0.39, 0.29) is 0 Å². The van der Waals surface area contributed by atoms with Crippen LogP contribution in [0.4, 0.5) is 0 Å². The van der Waals surface area contributed by atoms with Gasteiger partial charge in [0, 0.05) is 18.7 Å². The molecule has 0 bridgehead atoms. The molecule has 1 aliphatic carbocycles. The minimum absolute atomic E-state index is 0.572. The SMILES string of the molecule is Clc1ccccc1Oc1cccc(CNC2CC2)n1. The maximum Gasteiger partial charge on any atom is 0.219 e. The normalized spacial score (nSPS) is 14.4. The fraction of sp³-hybridized carbons (Fsp3) is 0.267. The molecule has 1 aromatic heterocycles. The van der Waals surface area contributed by atoms with Crippen molar-refractivity contribution < 1.29 is 4.74 Å². The zero-order valence-corrected chi connectivity index (χ0v) is 11.2. The molecule has 1 aromatic carbocycles. The van der Waals surface area contributed by atoms with Crippen LogP contribution >= 0.6 is 11.6 Å². The van der Waals surface area contributed by atoms with Crippen LogP contribution in [0.1, 0.15) is 18.5 Å². The van der Waals surface area contributed by atoms with Gasteiger partial charge in [0.1, 0.15) is 5.75 Å². The first-order valence-electron chi connectivity index (χ1n) is 6.43. The average Bonchev–Trinajstić information content (AvgIpc) is 3.24. The van der Waals surface area contributed by atoms with Gasteiger partial charge in [-0.05, 0) is 31.0 Å². The van der Waals surface area contributed by atoms with E-state index in [9.17, 15) is 0 Å². The van der Waals surface area contributed by atoms with E-state index in [0.717, 1.165) is 12.2 Å². The molecule has 3 rings (SSSR count). The molecule has 0 radical (unpaired) electrons. The molecule has 98 valence electrons. The largest absolute Gasteiger partial charge is 0.437 e. The molecule has 0 saturated heterocycles. The zero-order chi connectivity index (χ0) is 13.1. The number of benzene rings is 1. The third kappa shape index (κ3) is 3.46. The Morgan fingerprint density at radius 2 is 2.00 bits per heavy atom. The van der Waals surface area contributed by atoms with Crippen LogP contribution in [-0.4, -0.2) is 11.0 Å². The number of para-hydroxylation sites is 1. The van der Waals surface area contributed by atoms with E-state index in [2.05, 4.69) is 10.3 Å². The van der Waals surface area contributed by atoms with Crippen LogP contribution in [0.25, 0.3) is 0 Å². The van der Waals surface area contributed by atoms with Crippen molar-refractivity contribution in [2.75, 3.05) is 0 Å². The summed E-state index contributed by atoms with van der Waals surface area (Å²) in [5, 5.41) is 4.02. The maximum atomic E-state index is 6.06. The lowest BCUT2D eigenvalue weighted by Crippen LogP contribution is -2.16. The number of aromatic nitrogens is 1. The van der Waals surface area contributed by atoms with E-state index in [0.29, 0.717) is 22.7 Å². The molecule has 1 N–H and O–H groups in total. The summed E-state index contributed by atoms with van der Waals surface area (Å²) >= 11 is 6.06. The van der Waals surface area contributed by atoms with Crippen LogP contribution in [0, 0.1) is 0 Å². The monoisotopic (exact) mass is 274 g/mol. The second kappa shape index (κ2) is 5.59. The first-order chi connectivity index (χ1) is 9.31. The summed E-state index contributed by atoms with van der Waals surface area (Å²) in [5.41, 5.74) is 0.983. The molecule has 0 atom stereocenters. The van der Waals surface area contributed by atoms with Crippen molar-refractivity contribution in [3.63, 3.8) is 0 Å². The predicted octanol–water partition coefficient (Wildman–Crippen LogP) is 3.78. The molecule has 1 aliphatic rings. The molecule has 3 nitrogen and oxygen atoms in total. The van der Waals surface area contributed by atoms with E-state index in [1.807, 2.05) is 36.4 Å². The van der Waals surface area contributed by atoms with Crippen molar-refractivity contribution in [3.8, 4) is 11.6 Å². The van der Waals surface area contributed by atoms with Gasteiger partial charge in [0.25, 0.3) is 0 Å². The summed E-state index contributed by atoms with van der Waals surface area (Å²) in [6, 6.07) is 13.9. The predicted molar refractivity (Wildman–Crippen MR) is 75.6 cm³/mol. The van der Waals surface area contributed by atoms with Crippen LogP contribution in [0.5, 0.6) is 11.6 Å². The highest BCUT2D eigenvalue weighted by molar-refractivity contribution is 6.32. The Bertz CT molecular complexity index is 570. The Labute approximate surface area is 117 Å². The molecule has 0 spiro atoms. The third-order valence-electron chi connectivity index (χ3n) is 2.98. The highest BCUT2D eigenvalue weighted by Crippen LogP contribution is 2.27. The number of nitrogens with zero attached hydrogens (tertiary/aromatic N) is 1. The molecule has 1 saturated carbocycles. The van der Waals surface area contributed by atoms with Crippen LogP contribution in [0.15, 0.2) is 42.5 Å². The fourth-order valence-electron chi connectivity index (χ4n) is 1.79. The fourth-order valence-corrected chi connectivity index (χ4v) is 1.96. The Balaban J connectivity index is 1.70. The Hall–Kier alpha value is -1.58. The summed E-state index contributed by atoms with van der Waals surface area (Å²) in [4.78, 5) is 4.47. The number of halogens is 1. The van der Waals surface area contributed by atoms with Gasteiger partial charge in [-0.25, -0.2) is 4.98 Å². The van der Waals surface area contributed by atoms with Crippen LogP contribution in [0.3, 0.4) is 0 Å². The van der Waals surface area contributed by atoms with Gasteiger partial charge in [0.05, 0.1) is 10.7 Å². The molecular formula is C15H15ClN2O. The van der Waals surface area contributed by atoms with Gasteiger partial charge >= 0.3 is 0 Å². The molecule has 4 heteroatoms. The molecule has 0 unspecified atom stereocenters. The van der Waals surface area contributed by atoms with E-state index in [1.165, 1.54) is 12.8 Å². The van der Waals surface area contributed by atoms with Gasteiger partial charge in [0.15, 0.2) is 0 Å². The average molecular weight is 275 g/mol. The highest BCUT2D eigenvalue weighted by atomic mass is 35.5. The summed E-state index contributed by atoms with van der Waals surface area (Å²) in [5.74, 6) is 1.20. The minimum Gasteiger partial charge on any atom is -0.437 e. The second-order valence-corrected chi connectivity index (χ2v) is 5.06. The first kappa shape index (κ1) is 12.5. The zero-order valence-electron chi connectivity index (χ0n) is 10.5. The topological polar surface area (TPSA) is 34.1 Å². The highest BCUT2D eigenvalue weighted by Gasteiger charge is 2.20. The second-order valence-electron chi connectivity index (χ2n) is 4.65. The molecule has 0 amide bonds. The lowest BCUT2D eigenvalue weighted by Gasteiger charge is -2.08. The molecule has 0 aliphatic heterocycles. The Morgan fingerprint density at radius 1 is 1.16 bits per heavy atom. The molecule has 1 heterocycles. The van der Waals surface area contributed by atoms with Crippen LogP contribution < -0.4 is 10.1 Å². The molecular weight excluding hydrogens is 260 g/mol. The molecule has 2 aromatic rings. The number of hydrogen-bond acceptors (Lipinski definition) is 3. The van der Waals surface area contributed by atoms with Crippen LogP contribution in [-0.2, 0) is 6.54 Å². The number of rotatable bonds is 5. The van der Waals surface area contributed by atoms with Gasteiger partial charge in [-0.2, -0.15) is 0 Å². The van der Waals surface area contributed by atoms with Crippen LogP contribution in [0.2, 0.25) is 5.02 Å². The standard InChI is InChI=1S/C15H15ClN2O/c16-13-5-1-2-6-14(13)19-15-7-3-4-12(18-15)10-17-11-8-9-11/h1-7,11,17H,8-10H2. The number of nitrogens with one attached hydrogen (secondary N) is 1. The summed E-state index contributed by atoms with van der Waals surface area (Å²) in [7, 11) is 0. The van der Waals surface area contributed by atoms with E-state index in [4.69, 9.17) is 16.3 Å². The van der Waals surface area contributed by atoms with E-state index in [1.54, 1.807) is 6.07 Å². The van der Waals surface area contributed by atoms with Gasteiger partial charge in [-0.3, -0.25) is 0 Å². The van der Waals surface area contributed by atoms with Crippen molar-refractivity contribution in [1.29, 1.82) is 0 Å². The Morgan fingerprint density at radius 3 is 2.79 bits per heavy atom. The van der Waals surface area contributed by atoms with Crippen molar-refractivity contribution >= 4 is 11.6 Å². The van der Waals surface area contributed by atoms with Crippen molar-refractivity contribution in [2.24, 2.45) is 0 Å². The van der Waals surface area contributed by atoms with E-state index < -0.39 is 0 Å². The number of hydrogen-bond donors (Lipinski definition) is 1. The number of ether oxygens (including phenoxy) is 1. The van der Waals surface area contributed by atoms with Gasteiger partial charge < -0.3 is 10.1 Å². The minimum atomic E-state index is 0.572. The molecule has 1 fully saturated rings. The summed E-state index contributed by atoms with van der Waals surface area (Å²) in [6.45, 7) is 0.782. The maximum absolute atomic E-state index is 6.06. The quantitative estimate of drug-likeness (QED) is 0.901. The van der Waals surface area contributed by atoms with Crippen molar-refractivity contribution in [1.82, 2.24) is 10.3 Å². The van der Waals surface area contributed by atoms with Gasteiger partial charge in [0.2, 0.25) is 5.88 Å². The lowest BCUT2D eigenvalue weighted by atomic mass is 10.3. The van der Waals surface area contributed by atoms with Gasteiger partial charge in [-0.1, -0.05) is 29.8 Å². The van der Waals surface area contributed by atoms with Crippen molar-refractivity contribution in [3.05, 3.63) is 53.2 Å². The van der Waals surface area contributed by atoms with E-state index >= 15 is 0 Å². The lowest BCUT2D eigenvalue weighted by molar-refractivity contribution is 0.459. The van der Waals surface area contributed by atoms with Crippen molar-refractivity contribution in [2.45, 2.75) is 25.4 Å².